The maximum Gasteiger partial charge on any atom is 0.0202 e. The highest BCUT2D eigenvalue weighted by Gasteiger charge is 2.55. The maximum atomic E-state index is 6.57. The quantitative estimate of drug-likeness (QED) is 0.739. The van der Waals surface area contributed by atoms with Crippen LogP contribution in [0.1, 0.15) is 53.9 Å². The van der Waals surface area contributed by atoms with Gasteiger partial charge in [-0.2, -0.15) is 0 Å². The Kier molecular flexibility index (Phi) is 3.52. The van der Waals surface area contributed by atoms with Gasteiger partial charge in [0.15, 0.2) is 0 Å². The first-order valence-electron chi connectivity index (χ1n) is 6.31. The molecule has 0 radical (unpaired) electrons. The molecule has 1 rings (SSSR count). The molecule has 0 amide bonds. The lowest BCUT2D eigenvalue weighted by Gasteiger charge is -2.59. The van der Waals surface area contributed by atoms with Gasteiger partial charge in [-0.05, 0) is 31.6 Å². The average Bonchev–Trinajstić information content (AvgIpc) is 2.00. The Morgan fingerprint density at radius 2 is 1.60 bits per heavy atom. The Balaban J connectivity index is 3.20. The average molecular weight is 212 g/mol. The van der Waals surface area contributed by atoms with Crippen LogP contribution in [-0.4, -0.2) is 11.6 Å². The number of nitrogens with two attached hydrogens (primary N) is 2. The van der Waals surface area contributed by atoms with Crippen molar-refractivity contribution in [3.8, 4) is 0 Å². The Bertz CT molecular complexity index is 211. The van der Waals surface area contributed by atoms with Gasteiger partial charge in [-0.1, -0.05) is 34.1 Å². The third kappa shape index (κ3) is 1.72. The zero-order valence-corrected chi connectivity index (χ0v) is 11.0. The molecule has 1 fully saturated rings. The fraction of sp³-hybridized carbons (Fsp3) is 1.00. The molecule has 0 spiro atoms. The van der Waals surface area contributed by atoms with E-state index in [2.05, 4.69) is 34.6 Å². The molecule has 0 aliphatic heterocycles. The van der Waals surface area contributed by atoms with Gasteiger partial charge in [0.05, 0.1) is 0 Å². The fourth-order valence-corrected chi connectivity index (χ4v) is 4.41. The van der Waals surface area contributed by atoms with E-state index in [9.17, 15) is 0 Å². The molecule has 2 unspecified atom stereocenters. The van der Waals surface area contributed by atoms with Gasteiger partial charge in [-0.15, -0.1) is 0 Å². The second-order valence-corrected chi connectivity index (χ2v) is 6.16. The van der Waals surface area contributed by atoms with Crippen LogP contribution in [0.5, 0.6) is 0 Å². The van der Waals surface area contributed by atoms with Crippen LogP contribution in [-0.2, 0) is 0 Å². The molecule has 90 valence electrons. The molecule has 0 aromatic rings. The predicted octanol–water partition coefficient (Wildman–Crippen LogP) is 2.51. The Morgan fingerprint density at radius 3 is 1.87 bits per heavy atom. The fourth-order valence-electron chi connectivity index (χ4n) is 4.41. The van der Waals surface area contributed by atoms with Crippen molar-refractivity contribution in [1.29, 1.82) is 0 Å². The van der Waals surface area contributed by atoms with Crippen molar-refractivity contribution in [1.82, 2.24) is 0 Å². The first-order valence-corrected chi connectivity index (χ1v) is 6.31. The molecule has 4 N–H and O–H groups in total. The second kappa shape index (κ2) is 4.06. The summed E-state index contributed by atoms with van der Waals surface area (Å²) in [6.07, 6.45) is 3.41. The summed E-state index contributed by atoms with van der Waals surface area (Å²) in [5.41, 5.74) is 13.0. The highest BCUT2D eigenvalue weighted by molar-refractivity contribution is 5.10. The molecule has 2 heteroatoms. The number of hydrogen-bond donors (Lipinski definition) is 2. The molecule has 0 heterocycles. The van der Waals surface area contributed by atoms with Gasteiger partial charge in [0.25, 0.3) is 0 Å². The van der Waals surface area contributed by atoms with Gasteiger partial charge in [-0.3, -0.25) is 0 Å². The van der Waals surface area contributed by atoms with Crippen LogP contribution in [0.3, 0.4) is 0 Å². The largest absolute Gasteiger partial charge is 0.327 e. The van der Waals surface area contributed by atoms with E-state index >= 15 is 0 Å². The molecular weight excluding hydrogens is 184 g/mol. The van der Waals surface area contributed by atoms with Crippen molar-refractivity contribution in [2.45, 2.75) is 65.5 Å². The van der Waals surface area contributed by atoms with E-state index in [0.29, 0.717) is 11.8 Å². The summed E-state index contributed by atoms with van der Waals surface area (Å²) >= 11 is 0. The van der Waals surface area contributed by atoms with Gasteiger partial charge in [0.2, 0.25) is 0 Å². The van der Waals surface area contributed by atoms with E-state index in [1.807, 2.05) is 0 Å². The highest BCUT2D eigenvalue weighted by atomic mass is 14.9. The Labute approximate surface area is 94.8 Å². The maximum absolute atomic E-state index is 6.57. The van der Waals surface area contributed by atoms with E-state index in [0.717, 1.165) is 12.8 Å². The summed E-state index contributed by atoms with van der Waals surface area (Å²) in [5.74, 6) is 1.09. The third-order valence-corrected chi connectivity index (χ3v) is 4.72. The molecule has 15 heavy (non-hydrogen) atoms. The first kappa shape index (κ1) is 13.0. The molecular formula is C13H28N2. The first-order chi connectivity index (χ1) is 6.76. The van der Waals surface area contributed by atoms with E-state index in [1.54, 1.807) is 0 Å². The van der Waals surface area contributed by atoms with E-state index < -0.39 is 0 Å². The van der Waals surface area contributed by atoms with Crippen LogP contribution in [0.2, 0.25) is 0 Å². The lowest BCUT2D eigenvalue weighted by atomic mass is 9.50. The van der Waals surface area contributed by atoms with Crippen molar-refractivity contribution in [3.63, 3.8) is 0 Å². The molecule has 0 aromatic carbocycles. The molecule has 1 saturated carbocycles. The Morgan fingerprint density at radius 1 is 1.13 bits per heavy atom. The highest BCUT2D eigenvalue weighted by Crippen LogP contribution is 2.52. The SMILES string of the molecule is CC(C)C1(C(C)C)C(N)CCCC1(C)N. The third-order valence-electron chi connectivity index (χ3n) is 4.72. The number of rotatable bonds is 2. The zero-order chi connectivity index (χ0) is 11.9. The van der Waals surface area contributed by atoms with Crippen LogP contribution in [0.15, 0.2) is 0 Å². The van der Waals surface area contributed by atoms with Gasteiger partial charge < -0.3 is 11.5 Å². The Hall–Kier alpha value is -0.0800. The summed E-state index contributed by atoms with van der Waals surface area (Å²) < 4.78 is 0. The summed E-state index contributed by atoms with van der Waals surface area (Å²) in [7, 11) is 0. The zero-order valence-electron chi connectivity index (χ0n) is 11.0. The molecule has 2 nitrogen and oxygen atoms in total. The molecule has 0 saturated heterocycles. The van der Waals surface area contributed by atoms with Crippen LogP contribution < -0.4 is 11.5 Å². The minimum atomic E-state index is -0.118. The van der Waals surface area contributed by atoms with E-state index in [1.165, 1.54) is 6.42 Å². The minimum Gasteiger partial charge on any atom is -0.327 e. The normalized spacial score (nSPS) is 36.2. The van der Waals surface area contributed by atoms with E-state index in [-0.39, 0.29) is 17.0 Å². The number of hydrogen-bond acceptors (Lipinski definition) is 2. The summed E-state index contributed by atoms with van der Waals surface area (Å²) in [6.45, 7) is 11.3. The molecule has 2 atom stereocenters. The van der Waals surface area contributed by atoms with Crippen molar-refractivity contribution in [2.24, 2.45) is 28.7 Å². The molecule has 0 bridgehead atoms. The van der Waals surface area contributed by atoms with Gasteiger partial charge in [-0.25, -0.2) is 0 Å². The van der Waals surface area contributed by atoms with Crippen LogP contribution in [0.25, 0.3) is 0 Å². The topological polar surface area (TPSA) is 52.0 Å². The van der Waals surface area contributed by atoms with Crippen molar-refractivity contribution >= 4 is 0 Å². The predicted molar refractivity (Wildman–Crippen MR) is 66.5 cm³/mol. The van der Waals surface area contributed by atoms with Gasteiger partial charge in [0.1, 0.15) is 0 Å². The summed E-state index contributed by atoms with van der Waals surface area (Å²) in [4.78, 5) is 0. The standard InChI is InChI=1S/C13H28N2/c1-9(2)13(10(3)4)11(14)7-6-8-12(13,5)15/h9-11H,6-8,14-15H2,1-5H3. The van der Waals surface area contributed by atoms with Crippen LogP contribution in [0.4, 0.5) is 0 Å². The van der Waals surface area contributed by atoms with E-state index in [4.69, 9.17) is 11.5 Å². The lowest BCUT2D eigenvalue weighted by molar-refractivity contribution is -0.0396. The summed E-state index contributed by atoms with van der Waals surface area (Å²) in [5, 5.41) is 0. The molecule has 1 aliphatic rings. The van der Waals surface area contributed by atoms with Crippen LogP contribution in [0, 0.1) is 17.3 Å². The van der Waals surface area contributed by atoms with Crippen molar-refractivity contribution in [2.75, 3.05) is 0 Å². The van der Waals surface area contributed by atoms with Gasteiger partial charge in [0, 0.05) is 17.0 Å². The molecule has 1 aliphatic carbocycles. The minimum absolute atomic E-state index is 0.0885. The summed E-state index contributed by atoms with van der Waals surface area (Å²) in [6, 6.07) is 0.251. The van der Waals surface area contributed by atoms with Crippen molar-refractivity contribution in [3.05, 3.63) is 0 Å². The second-order valence-electron chi connectivity index (χ2n) is 6.16. The van der Waals surface area contributed by atoms with Gasteiger partial charge >= 0.3 is 0 Å². The van der Waals surface area contributed by atoms with Crippen molar-refractivity contribution < 1.29 is 0 Å². The monoisotopic (exact) mass is 212 g/mol. The lowest BCUT2D eigenvalue weighted by Crippen LogP contribution is -2.68. The van der Waals surface area contributed by atoms with Crippen LogP contribution >= 0.6 is 0 Å². The smallest absolute Gasteiger partial charge is 0.0202 e. The molecule has 0 aromatic heterocycles.